The van der Waals surface area contributed by atoms with E-state index in [2.05, 4.69) is 31.4 Å². The zero-order chi connectivity index (χ0) is 12.7. The highest BCUT2D eigenvalue weighted by atomic mass is 16.3. The highest BCUT2D eigenvalue weighted by molar-refractivity contribution is 4.79. The third kappa shape index (κ3) is 5.84. The van der Waals surface area contributed by atoms with Crippen LogP contribution < -0.4 is 10.6 Å². The van der Waals surface area contributed by atoms with Crippen molar-refractivity contribution in [1.82, 2.24) is 10.6 Å². The third-order valence-electron chi connectivity index (χ3n) is 3.80. The number of aliphatic hydroxyl groups excluding tert-OH is 1. The number of rotatable bonds is 6. The fourth-order valence-corrected chi connectivity index (χ4v) is 2.62. The second kappa shape index (κ2) is 8.06. The minimum atomic E-state index is 0.232. The molecule has 3 atom stereocenters. The van der Waals surface area contributed by atoms with E-state index in [1.165, 1.54) is 38.6 Å². The average molecular weight is 242 g/mol. The molecule has 3 heteroatoms. The number of aliphatic hydroxyl groups is 1. The van der Waals surface area contributed by atoms with Gasteiger partial charge in [0.2, 0.25) is 0 Å². The Bertz CT molecular complexity index is 189. The maximum Gasteiger partial charge on any atom is 0.0587 e. The van der Waals surface area contributed by atoms with Crippen LogP contribution in [0.5, 0.6) is 0 Å². The van der Waals surface area contributed by atoms with Gasteiger partial charge in [0.25, 0.3) is 0 Å². The van der Waals surface area contributed by atoms with Gasteiger partial charge in [0, 0.05) is 18.1 Å². The topological polar surface area (TPSA) is 44.3 Å². The predicted octanol–water partition coefficient (Wildman–Crippen LogP) is 1.90. The lowest BCUT2D eigenvalue weighted by molar-refractivity contribution is 0.196. The molecule has 0 aliphatic carbocycles. The lowest BCUT2D eigenvalue weighted by Crippen LogP contribution is -2.45. The zero-order valence-electron chi connectivity index (χ0n) is 11.7. The molecule has 0 bridgehead atoms. The van der Waals surface area contributed by atoms with Crippen molar-refractivity contribution in [2.45, 2.75) is 71.0 Å². The number of hydrogen-bond acceptors (Lipinski definition) is 3. The lowest BCUT2D eigenvalue weighted by atomic mass is 10.00. The smallest absolute Gasteiger partial charge is 0.0587 e. The van der Waals surface area contributed by atoms with Crippen LogP contribution in [0.3, 0.4) is 0 Å². The van der Waals surface area contributed by atoms with Crippen LogP contribution in [0.2, 0.25) is 0 Å². The Balaban J connectivity index is 2.29. The number of hydrogen-bond donors (Lipinski definition) is 3. The van der Waals surface area contributed by atoms with Crippen LogP contribution in [0.1, 0.15) is 52.9 Å². The first-order valence-corrected chi connectivity index (χ1v) is 7.23. The van der Waals surface area contributed by atoms with E-state index in [1.54, 1.807) is 0 Å². The fourth-order valence-electron chi connectivity index (χ4n) is 2.62. The zero-order valence-corrected chi connectivity index (χ0v) is 11.7. The van der Waals surface area contributed by atoms with Crippen LogP contribution >= 0.6 is 0 Å². The minimum absolute atomic E-state index is 0.232. The molecule has 0 aromatic heterocycles. The molecule has 0 radical (unpaired) electrons. The van der Waals surface area contributed by atoms with E-state index in [4.69, 9.17) is 0 Å². The van der Waals surface area contributed by atoms with Gasteiger partial charge in [-0.2, -0.15) is 0 Å². The van der Waals surface area contributed by atoms with Crippen molar-refractivity contribution < 1.29 is 5.11 Å². The van der Waals surface area contributed by atoms with Gasteiger partial charge in [0.1, 0.15) is 0 Å². The van der Waals surface area contributed by atoms with Gasteiger partial charge in [-0.25, -0.2) is 0 Å². The van der Waals surface area contributed by atoms with Gasteiger partial charge in [0.05, 0.1) is 6.61 Å². The maximum atomic E-state index is 9.32. The molecule has 3 nitrogen and oxygen atoms in total. The normalized spacial score (nSPS) is 25.6. The molecule has 1 rings (SSSR count). The summed E-state index contributed by atoms with van der Waals surface area (Å²) in [5.74, 6) is 0.490. The summed E-state index contributed by atoms with van der Waals surface area (Å²) in [6.07, 6.45) is 6.53. The average Bonchev–Trinajstić information content (AvgIpc) is 2.54. The van der Waals surface area contributed by atoms with E-state index in [0.29, 0.717) is 18.0 Å². The van der Waals surface area contributed by atoms with Crippen molar-refractivity contribution in [1.29, 1.82) is 0 Å². The van der Waals surface area contributed by atoms with Gasteiger partial charge in [-0.3, -0.25) is 0 Å². The van der Waals surface area contributed by atoms with Crippen LogP contribution in [0.15, 0.2) is 0 Å². The summed E-state index contributed by atoms with van der Waals surface area (Å²) in [4.78, 5) is 0. The van der Waals surface area contributed by atoms with Gasteiger partial charge in [-0.15, -0.1) is 0 Å². The first kappa shape index (κ1) is 14.9. The second-order valence-electron chi connectivity index (χ2n) is 5.84. The summed E-state index contributed by atoms with van der Waals surface area (Å²) in [6.45, 7) is 7.96. The van der Waals surface area contributed by atoms with Crippen molar-refractivity contribution in [3.63, 3.8) is 0 Å². The molecule has 0 amide bonds. The van der Waals surface area contributed by atoms with E-state index in [1.807, 2.05) is 0 Å². The molecule has 17 heavy (non-hydrogen) atoms. The summed E-state index contributed by atoms with van der Waals surface area (Å²) in [5, 5.41) is 16.5. The summed E-state index contributed by atoms with van der Waals surface area (Å²) >= 11 is 0. The predicted molar refractivity (Wildman–Crippen MR) is 73.2 cm³/mol. The first-order chi connectivity index (χ1) is 8.13. The van der Waals surface area contributed by atoms with Crippen LogP contribution in [0.25, 0.3) is 0 Å². The van der Waals surface area contributed by atoms with Gasteiger partial charge in [-0.05, 0) is 38.6 Å². The third-order valence-corrected chi connectivity index (χ3v) is 3.80. The van der Waals surface area contributed by atoms with Crippen LogP contribution in [-0.2, 0) is 0 Å². The van der Waals surface area contributed by atoms with Crippen molar-refractivity contribution in [2.24, 2.45) is 5.92 Å². The maximum absolute atomic E-state index is 9.32. The Morgan fingerprint density at radius 1 is 1.24 bits per heavy atom. The molecule has 0 aromatic carbocycles. The molecule has 1 fully saturated rings. The summed E-state index contributed by atoms with van der Waals surface area (Å²) in [7, 11) is 0. The molecule has 1 saturated heterocycles. The molecule has 0 saturated carbocycles. The van der Waals surface area contributed by atoms with Crippen molar-refractivity contribution >= 4 is 0 Å². The van der Waals surface area contributed by atoms with E-state index >= 15 is 0 Å². The monoisotopic (exact) mass is 242 g/mol. The highest BCUT2D eigenvalue weighted by Crippen LogP contribution is 2.13. The van der Waals surface area contributed by atoms with E-state index < -0.39 is 0 Å². The highest BCUT2D eigenvalue weighted by Gasteiger charge is 2.18. The Morgan fingerprint density at radius 2 is 2.00 bits per heavy atom. The molecule has 1 heterocycles. The lowest BCUT2D eigenvalue weighted by Gasteiger charge is -2.27. The summed E-state index contributed by atoms with van der Waals surface area (Å²) < 4.78 is 0. The van der Waals surface area contributed by atoms with Crippen LogP contribution in [0.4, 0.5) is 0 Å². The van der Waals surface area contributed by atoms with Crippen LogP contribution in [0, 0.1) is 5.92 Å². The Labute approximate surface area is 106 Å². The van der Waals surface area contributed by atoms with E-state index in [0.717, 1.165) is 0 Å². The molecule has 0 aromatic rings. The quantitative estimate of drug-likeness (QED) is 0.666. The SMILES string of the molecule is CC(CC1CCCCCN1)N[C@H](CO)C(C)C. The number of nitrogens with one attached hydrogen (secondary N) is 2. The van der Waals surface area contributed by atoms with Gasteiger partial charge >= 0.3 is 0 Å². The van der Waals surface area contributed by atoms with E-state index in [-0.39, 0.29) is 12.6 Å². The Morgan fingerprint density at radius 3 is 2.65 bits per heavy atom. The first-order valence-electron chi connectivity index (χ1n) is 7.23. The second-order valence-corrected chi connectivity index (χ2v) is 5.84. The Hall–Kier alpha value is -0.120. The van der Waals surface area contributed by atoms with Crippen molar-refractivity contribution in [2.75, 3.05) is 13.2 Å². The molecular formula is C14H30N2O. The van der Waals surface area contributed by atoms with Crippen LogP contribution in [-0.4, -0.2) is 36.4 Å². The molecule has 0 spiro atoms. The molecule has 3 N–H and O–H groups in total. The Kier molecular flexibility index (Phi) is 7.09. The minimum Gasteiger partial charge on any atom is -0.395 e. The van der Waals surface area contributed by atoms with Crippen molar-refractivity contribution in [3.05, 3.63) is 0 Å². The van der Waals surface area contributed by atoms with Gasteiger partial charge < -0.3 is 15.7 Å². The largest absolute Gasteiger partial charge is 0.395 e. The summed E-state index contributed by atoms with van der Waals surface area (Å²) in [5.41, 5.74) is 0. The fraction of sp³-hybridized carbons (Fsp3) is 1.00. The molecular weight excluding hydrogens is 212 g/mol. The summed E-state index contributed by atoms with van der Waals surface area (Å²) in [6, 6.07) is 1.37. The van der Waals surface area contributed by atoms with E-state index in [9.17, 15) is 5.11 Å². The van der Waals surface area contributed by atoms with Crippen molar-refractivity contribution in [3.8, 4) is 0 Å². The molecule has 1 aliphatic heterocycles. The van der Waals surface area contributed by atoms with Gasteiger partial charge in [-0.1, -0.05) is 26.7 Å². The molecule has 2 unspecified atom stereocenters. The molecule has 1 aliphatic rings. The van der Waals surface area contributed by atoms with Gasteiger partial charge in [0.15, 0.2) is 0 Å². The standard InChI is InChI=1S/C14H30N2O/c1-11(2)14(10-17)16-12(3)9-13-7-5-4-6-8-15-13/h11-17H,4-10H2,1-3H3/t12?,13?,14-/m1/s1. The molecule has 102 valence electrons.